The van der Waals surface area contributed by atoms with Gasteiger partial charge in [-0.1, -0.05) is 12.1 Å². The lowest BCUT2D eigenvalue weighted by Gasteiger charge is -2.13. The van der Waals surface area contributed by atoms with Crippen LogP contribution < -0.4 is 15.6 Å². The molecule has 0 aliphatic carbocycles. The molecule has 6 nitrogen and oxygen atoms in total. The summed E-state index contributed by atoms with van der Waals surface area (Å²) in [7, 11) is 0. The lowest BCUT2D eigenvalue weighted by Crippen LogP contribution is -2.24. The van der Waals surface area contributed by atoms with Crippen LogP contribution in [0, 0.1) is 6.92 Å². The Kier molecular flexibility index (Phi) is 5.20. The molecule has 7 heteroatoms. The smallest absolute Gasteiger partial charge is 0.339 e. The van der Waals surface area contributed by atoms with Crippen LogP contribution in [0.4, 0.5) is 16.4 Å². The third-order valence-electron chi connectivity index (χ3n) is 3.71. The second kappa shape index (κ2) is 7.53. The highest BCUT2D eigenvalue weighted by Crippen LogP contribution is 2.31. The number of anilines is 2. The molecule has 2 amide bonds. The number of hydrogen-bond donors (Lipinski definition) is 2. The van der Waals surface area contributed by atoms with Crippen molar-refractivity contribution in [3.63, 3.8) is 0 Å². The third kappa shape index (κ3) is 4.17. The number of furan rings is 1. The zero-order chi connectivity index (χ0) is 16.9. The van der Waals surface area contributed by atoms with Crippen molar-refractivity contribution in [1.29, 1.82) is 0 Å². The fourth-order valence-electron chi connectivity index (χ4n) is 2.61. The van der Waals surface area contributed by atoms with Gasteiger partial charge in [-0.2, -0.15) is 5.10 Å². The number of hydrazone groups is 1. The molecule has 0 radical (unpaired) electrons. The van der Waals surface area contributed by atoms with E-state index in [1.165, 1.54) is 19.1 Å². The van der Waals surface area contributed by atoms with E-state index in [4.69, 9.17) is 4.42 Å². The molecule has 2 N–H and O–H groups in total. The van der Waals surface area contributed by atoms with Crippen molar-refractivity contribution in [3.8, 4) is 0 Å². The molecule has 0 atom stereocenters. The summed E-state index contributed by atoms with van der Waals surface area (Å²) in [5, 5.41) is 6.64. The van der Waals surface area contributed by atoms with Gasteiger partial charge in [-0.05, 0) is 53.4 Å². The average molecular weight is 391 g/mol. The van der Waals surface area contributed by atoms with Crippen LogP contribution in [0.5, 0.6) is 0 Å². The van der Waals surface area contributed by atoms with Crippen LogP contribution in [0.2, 0.25) is 0 Å². The Morgan fingerprint density at radius 2 is 2.12 bits per heavy atom. The molecule has 2 heterocycles. The van der Waals surface area contributed by atoms with Crippen molar-refractivity contribution in [2.75, 3.05) is 23.3 Å². The number of carbonyl (C=O) groups is 1. The first kappa shape index (κ1) is 16.6. The van der Waals surface area contributed by atoms with E-state index < -0.39 is 6.03 Å². The summed E-state index contributed by atoms with van der Waals surface area (Å²) in [6.07, 6.45) is 3.84. The van der Waals surface area contributed by atoms with Crippen LogP contribution in [0.3, 0.4) is 0 Å². The molecule has 3 rings (SSSR count). The quantitative estimate of drug-likeness (QED) is 0.609. The summed E-state index contributed by atoms with van der Waals surface area (Å²) in [6.45, 7) is 3.97. The molecular formula is C17H19BrN4O2. The first-order chi connectivity index (χ1) is 11.6. The van der Waals surface area contributed by atoms with E-state index in [9.17, 15) is 4.79 Å². The monoisotopic (exact) mass is 390 g/mol. The first-order valence-corrected chi connectivity index (χ1v) is 8.62. The summed E-state index contributed by atoms with van der Waals surface area (Å²) in [4.78, 5) is 14.0. The van der Waals surface area contributed by atoms with E-state index in [-0.39, 0.29) is 0 Å². The predicted molar refractivity (Wildman–Crippen MR) is 98.8 cm³/mol. The molecule has 0 spiro atoms. The minimum absolute atomic E-state index is 0.401. The van der Waals surface area contributed by atoms with Crippen LogP contribution in [-0.4, -0.2) is 25.3 Å². The van der Waals surface area contributed by atoms with Crippen LogP contribution in [0.25, 0.3) is 0 Å². The minimum atomic E-state index is -0.401. The zero-order valence-corrected chi connectivity index (χ0v) is 15.0. The normalized spacial score (nSPS) is 14.3. The lowest BCUT2D eigenvalue weighted by molar-refractivity contribution is 0.252. The number of halogens is 1. The van der Waals surface area contributed by atoms with Gasteiger partial charge in [0.25, 0.3) is 0 Å². The van der Waals surface area contributed by atoms with Gasteiger partial charge in [0, 0.05) is 24.8 Å². The summed E-state index contributed by atoms with van der Waals surface area (Å²) in [5.41, 5.74) is 4.23. The second-order valence-corrected chi connectivity index (χ2v) is 6.54. The van der Waals surface area contributed by atoms with E-state index in [0.717, 1.165) is 34.7 Å². The Hall–Kier alpha value is -2.28. The number of aryl methyl sites for hydroxylation is 1. The fraction of sp³-hybridized carbons (Fsp3) is 0.294. The Morgan fingerprint density at radius 1 is 1.33 bits per heavy atom. The van der Waals surface area contributed by atoms with E-state index >= 15 is 0 Å². The second-order valence-electron chi connectivity index (χ2n) is 5.69. The predicted octanol–water partition coefficient (Wildman–Crippen LogP) is 4.11. The van der Waals surface area contributed by atoms with E-state index in [2.05, 4.69) is 36.7 Å². The summed E-state index contributed by atoms with van der Waals surface area (Å²) >= 11 is 3.50. The molecule has 1 aliphatic rings. The SMILES string of the molecule is Cc1cccc(NC(=O)N/N=C/c2cc(Br)c(N3CCCC3)o2)c1. The molecule has 1 aliphatic heterocycles. The summed E-state index contributed by atoms with van der Waals surface area (Å²) < 4.78 is 6.67. The van der Waals surface area contributed by atoms with Gasteiger partial charge in [0.1, 0.15) is 0 Å². The standard InChI is InChI=1S/C17H19BrN4O2/c1-12-5-4-6-13(9-12)20-17(23)21-19-11-14-10-15(18)16(24-14)22-7-2-3-8-22/h4-6,9-11H,2-3,7-8H2,1H3,(H2,20,21,23)/b19-11+. The first-order valence-electron chi connectivity index (χ1n) is 7.83. The van der Waals surface area contributed by atoms with Crippen LogP contribution in [-0.2, 0) is 0 Å². The van der Waals surface area contributed by atoms with Gasteiger partial charge in [0.2, 0.25) is 5.88 Å². The topological polar surface area (TPSA) is 69.9 Å². The maximum absolute atomic E-state index is 11.8. The van der Waals surface area contributed by atoms with Gasteiger partial charge in [-0.3, -0.25) is 0 Å². The molecule has 1 aromatic carbocycles. The van der Waals surface area contributed by atoms with Crippen molar-refractivity contribution < 1.29 is 9.21 Å². The van der Waals surface area contributed by atoms with Gasteiger partial charge in [0.15, 0.2) is 5.76 Å². The van der Waals surface area contributed by atoms with Gasteiger partial charge < -0.3 is 14.6 Å². The van der Waals surface area contributed by atoms with Crippen LogP contribution in [0.15, 0.2) is 44.3 Å². The van der Waals surface area contributed by atoms with Gasteiger partial charge in [-0.25, -0.2) is 10.2 Å². The van der Waals surface area contributed by atoms with Crippen molar-refractivity contribution in [2.24, 2.45) is 5.10 Å². The highest BCUT2D eigenvalue weighted by molar-refractivity contribution is 9.10. The van der Waals surface area contributed by atoms with Gasteiger partial charge >= 0.3 is 6.03 Å². The number of benzene rings is 1. The van der Waals surface area contributed by atoms with Crippen molar-refractivity contribution >= 4 is 39.7 Å². The van der Waals surface area contributed by atoms with E-state index in [1.54, 1.807) is 0 Å². The number of carbonyl (C=O) groups excluding carboxylic acids is 1. The van der Waals surface area contributed by atoms with E-state index in [1.807, 2.05) is 37.3 Å². The third-order valence-corrected chi connectivity index (χ3v) is 4.28. The molecule has 1 fully saturated rings. The lowest BCUT2D eigenvalue weighted by atomic mass is 10.2. The minimum Gasteiger partial charge on any atom is -0.438 e. The zero-order valence-electron chi connectivity index (χ0n) is 13.4. The molecule has 0 saturated carbocycles. The average Bonchev–Trinajstić information content (AvgIpc) is 3.16. The van der Waals surface area contributed by atoms with Crippen LogP contribution >= 0.6 is 15.9 Å². The van der Waals surface area contributed by atoms with E-state index in [0.29, 0.717) is 5.76 Å². The highest BCUT2D eigenvalue weighted by atomic mass is 79.9. The Morgan fingerprint density at radius 3 is 2.88 bits per heavy atom. The molecule has 24 heavy (non-hydrogen) atoms. The van der Waals surface area contributed by atoms with Crippen molar-refractivity contribution in [1.82, 2.24) is 5.43 Å². The molecule has 126 valence electrons. The summed E-state index contributed by atoms with van der Waals surface area (Å²) in [5.74, 6) is 1.40. The Balaban J connectivity index is 1.56. The van der Waals surface area contributed by atoms with Crippen molar-refractivity contribution in [3.05, 3.63) is 46.1 Å². The molecule has 1 aromatic heterocycles. The number of nitrogens with zero attached hydrogens (tertiary/aromatic N) is 2. The number of hydrogen-bond acceptors (Lipinski definition) is 4. The largest absolute Gasteiger partial charge is 0.438 e. The molecule has 1 saturated heterocycles. The molecule has 0 unspecified atom stereocenters. The number of nitrogens with one attached hydrogen (secondary N) is 2. The maximum atomic E-state index is 11.8. The Labute approximate surface area is 149 Å². The van der Waals surface area contributed by atoms with Gasteiger partial charge in [0.05, 0.1) is 10.7 Å². The van der Waals surface area contributed by atoms with Gasteiger partial charge in [-0.15, -0.1) is 0 Å². The summed E-state index contributed by atoms with van der Waals surface area (Å²) in [6, 6.07) is 9.00. The Bertz CT molecular complexity index is 751. The molecular weight excluding hydrogens is 372 g/mol. The van der Waals surface area contributed by atoms with Crippen molar-refractivity contribution in [2.45, 2.75) is 19.8 Å². The number of urea groups is 1. The van der Waals surface area contributed by atoms with Crippen LogP contribution in [0.1, 0.15) is 24.2 Å². The highest BCUT2D eigenvalue weighted by Gasteiger charge is 2.19. The maximum Gasteiger partial charge on any atom is 0.339 e. The molecule has 2 aromatic rings. The number of rotatable bonds is 4. The molecule has 0 bridgehead atoms. The fourth-order valence-corrected chi connectivity index (χ4v) is 3.17. The number of amides is 2.